The summed E-state index contributed by atoms with van der Waals surface area (Å²) in [4.78, 5) is 0. The summed E-state index contributed by atoms with van der Waals surface area (Å²) in [6.45, 7) is 4.88. The number of nitrogens with zero attached hydrogens (tertiary/aromatic N) is 2. The van der Waals surface area contributed by atoms with E-state index in [1.165, 1.54) is 11.1 Å². The van der Waals surface area contributed by atoms with Gasteiger partial charge in [-0.15, -0.1) is 0 Å². The van der Waals surface area contributed by atoms with Crippen molar-refractivity contribution in [1.29, 1.82) is 0 Å². The molecule has 3 heteroatoms. The van der Waals surface area contributed by atoms with Gasteiger partial charge in [-0.25, -0.2) is 0 Å². The lowest BCUT2D eigenvalue weighted by atomic mass is 10.1. The Morgan fingerprint density at radius 3 is 2.75 bits per heavy atom. The van der Waals surface area contributed by atoms with Gasteiger partial charge in [0, 0.05) is 11.3 Å². The molecule has 0 aliphatic heterocycles. The molecule has 1 heterocycles. The zero-order chi connectivity index (χ0) is 11.5. The largest absolute Gasteiger partial charge is 0.392 e. The number of rotatable bonds is 3. The van der Waals surface area contributed by atoms with E-state index in [2.05, 4.69) is 36.3 Å². The number of aryl methyl sites for hydroxylation is 1. The molecule has 0 amide bonds. The molecule has 2 rings (SSSR count). The van der Waals surface area contributed by atoms with Gasteiger partial charge in [-0.1, -0.05) is 29.8 Å². The average Bonchev–Trinajstić information content (AvgIpc) is 2.60. The first-order valence-electron chi connectivity index (χ1n) is 5.38. The maximum Gasteiger partial charge on any atom is 0.0715 e. The first-order chi connectivity index (χ1) is 7.70. The lowest BCUT2D eigenvalue weighted by Crippen LogP contribution is -2.04. The van der Waals surface area contributed by atoms with Crippen LogP contribution in [0, 0.1) is 13.8 Å². The molecule has 1 N–H and O–H groups in total. The Morgan fingerprint density at radius 1 is 1.31 bits per heavy atom. The van der Waals surface area contributed by atoms with Gasteiger partial charge in [0.15, 0.2) is 0 Å². The lowest BCUT2D eigenvalue weighted by molar-refractivity contribution is 0.281. The highest BCUT2D eigenvalue weighted by atomic mass is 16.3. The zero-order valence-electron chi connectivity index (χ0n) is 9.64. The SMILES string of the molecule is Cc1cccc(Cn2ncc(CO)c2C)c1. The molecule has 3 nitrogen and oxygen atoms in total. The minimum Gasteiger partial charge on any atom is -0.392 e. The van der Waals surface area contributed by atoms with Crippen LogP contribution >= 0.6 is 0 Å². The van der Waals surface area contributed by atoms with E-state index >= 15 is 0 Å². The monoisotopic (exact) mass is 216 g/mol. The molecule has 1 aromatic carbocycles. The van der Waals surface area contributed by atoms with Crippen LogP contribution in [0.2, 0.25) is 0 Å². The molecule has 2 aromatic rings. The minimum absolute atomic E-state index is 0.0552. The Balaban J connectivity index is 2.24. The van der Waals surface area contributed by atoms with Crippen molar-refractivity contribution in [2.24, 2.45) is 0 Å². The third-order valence-corrected chi connectivity index (χ3v) is 2.79. The van der Waals surface area contributed by atoms with Crippen molar-refractivity contribution in [2.45, 2.75) is 27.0 Å². The standard InChI is InChI=1S/C13H16N2O/c1-10-4-3-5-12(6-10)8-15-11(2)13(9-16)7-14-15/h3-7,16H,8-9H2,1-2H3. The first kappa shape index (κ1) is 10.9. The Morgan fingerprint density at radius 2 is 2.12 bits per heavy atom. The van der Waals surface area contributed by atoms with Gasteiger partial charge in [0.25, 0.3) is 0 Å². The van der Waals surface area contributed by atoms with E-state index < -0.39 is 0 Å². The summed E-state index contributed by atoms with van der Waals surface area (Å²) in [7, 11) is 0. The van der Waals surface area contributed by atoms with Crippen molar-refractivity contribution < 1.29 is 5.11 Å². The normalized spacial score (nSPS) is 10.7. The third-order valence-electron chi connectivity index (χ3n) is 2.79. The average molecular weight is 216 g/mol. The zero-order valence-corrected chi connectivity index (χ0v) is 9.64. The molecular formula is C13H16N2O. The van der Waals surface area contributed by atoms with Gasteiger partial charge in [-0.3, -0.25) is 4.68 Å². The van der Waals surface area contributed by atoms with Crippen LogP contribution in [-0.2, 0) is 13.2 Å². The molecule has 1 aromatic heterocycles. The molecule has 0 saturated heterocycles. The van der Waals surface area contributed by atoms with Crippen LogP contribution in [0.3, 0.4) is 0 Å². The maximum absolute atomic E-state index is 9.09. The first-order valence-corrected chi connectivity index (χ1v) is 5.38. The van der Waals surface area contributed by atoms with Crippen molar-refractivity contribution in [3.63, 3.8) is 0 Å². The van der Waals surface area contributed by atoms with Crippen molar-refractivity contribution >= 4 is 0 Å². The fraction of sp³-hybridized carbons (Fsp3) is 0.308. The molecule has 0 spiro atoms. The predicted octanol–water partition coefficient (Wildman–Crippen LogP) is 2.04. The van der Waals surface area contributed by atoms with Gasteiger partial charge in [-0.2, -0.15) is 5.10 Å². The molecule has 0 fully saturated rings. The number of aliphatic hydroxyl groups is 1. The van der Waals surface area contributed by atoms with E-state index in [1.807, 2.05) is 11.6 Å². The quantitative estimate of drug-likeness (QED) is 0.852. The predicted molar refractivity (Wildman–Crippen MR) is 63.2 cm³/mol. The Kier molecular flexibility index (Phi) is 3.06. The summed E-state index contributed by atoms with van der Waals surface area (Å²) < 4.78 is 1.92. The molecule has 0 bridgehead atoms. The van der Waals surface area contributed by atoms with E-state index in [0.717, 1.165) is 17.8 Å². The second-order valence-corrected chi connectivity index (χ2v) is 4.06. The summed E-state index contributed by atoms with van der Waals surface area (Å²) in [6.07, 6.45) is 1.73. The molecule has 0 radical (unpaired) electrons. The fourth-order valence-electron chi connectivity index (χ4n) is 1.78. The van der Waals surface area contributed by atoms with Crippen molar-refractivity contribution in [3.8, 4) is 0 Å². The Labute approximate surface area is 95.3 Å². The van der Waals surface area contributed by atoms with Gasteiger partial charge in [-0.05, 0) is 19.4 Å². The summed E-state index contributed by atoms with van der Waals surface area (Å²) in [5.41, 5.74) is 4.41. The van der Waals surface area contributed by atoms with Gasteiger partial charge in [0.1, 0.15) is 0 Å². The number of hydrogen-bond acceptors (Lipinski definition) is 2. The van der Waals surface area contributed by atoms with Crippen LogP contribution in [0.1, 0.15) is 22.4 Å². The van der Waals surface area contributed by atoms with E-state index in [1.54, 1.807) is 6.20 Å². The smallest absolute Gasteiger partial charge is 0.0715 e. The highest BCUT2D eigenvalue weighted by Crippen LogP contribution is 2.11. The van der Waals surface area contributed by atoms with Crippen LogP contribution in [0.25, 0.3) is 0 Å². The summed E-state index contributed by atoms with van der Waals surface area (Å²) in [6, 6.07) is 8.38. The van der Waals surface area contributed by atoms with Gasteiger partial charge in [0.2, 0.25) is 0 Å². The molecule has 0 aliphatic rings. The van der Waals surface area contributed by atoms with Crippen LogP contribution < -0.4 is 0 Å². The third kappa shape index (κ3) is 2.14. The van der Waals surface area contributed by atoms with E-state index in [0.29, 0.717) is 0 Å². The second-order valence-electron chi connectivity index (χ2n) is 4.06. The molecule has 0 aliphatic carbocycles. The van der Waals surface area contributed by atoms with Crippen LogP contribution in [0.4, 0.5) is 0 Å². The molecule has 84 valence electrons. The number of aromatic nitrogens is 2. The van der Waals surface area contributed by atoms with Gasteiger partial charge in [0.05, 0.1) is 19.3 Å². The highest BCUT2D eigenvalue weighted by Gasteiger charge is 2.05. The summed E-state index contributed by atoms with van der Waals surface area (Å²) in [5.74, 6) is 0. The number of benzene rings is 1. The molecule has 0 unspecified atom stereocenters. The van der Waals surface area contributed by atoms with E-state index in [-0.39, 0.29) is 6.61 Å². The van der Waals surface area contributed by atoms with E-state index in [4.69, 9.17) is 5.11 Å². The van der Waals surface area contributed by atoms with Gasteiger partial charge < -0.3 is 5.11 Å². The highest BCUT2D eigenvalue weighted by molar-refractivity contribution is 5.23. The Hall–Kier alpha value is -1.61. The van der Waals surface area contributed by atoms with Crippen LogP contribution in [-0.4, -0.2) is 14.9 Å². The molecule has 0 saturated carbocycles. The fourth-order valence-corrected chi connectivity index (χ4v) is 1.78. The summed E-state index contributed by atoms with van der Waals surface area (Å²) in [5, 5.41) is 13.4. The second kappa shape index (κ2) is 4.49. The van der Waals surface area contributed by atoms with Crippen molar-refractivity contribution in [2.75, 3.05) is 0 Å². The topological polar surface area (TPSA) is 38.0 Å². The van der Waals surface area contributed by atoms with Gasteiger partial charge >= 0.3 is 0 Å². The lowest BCUT2D eigenvalue weighted by Gasteiger charge is -2.06. The van der Waals surface area contributed by atoms with E-state index in [9.17, 15) is 0 Å². The number of aliphatic hydroxyl groups excluding tert-OH is 1. The van der Waals surface area contributed by atoms with Crippen LogP contribution in [0.15, 0.2) is 30.5 Å². The maximum atomic E-state index is 9.09. The minimum atomic E-state index is 0.0552. The summed E-state index contributed by atoms with van der Waals surface area (Å²) >= 11 is 0. The van der Waals surface area contributed by atoms with Crippen molar-refractivity contribution in [3.05, 3.63) is 52.8 Å². The Bertz CT molecular complexity index is 488. The van der Waals surface area contributed by atoms with Crippen LogP contribution in [0.5, 0.6) is 0 Å². The number of hydrogen-bond donors (Lipinski definition) is 1. The van der Waals surface area contributed by atoms with Crippen molar-refractivity contribution in [1.82, 2.24) is 9.78 Å². The molecular weight excluding hydrogens is 200 g/mol. The molecule has 16 heavy (non-hydrogen) atoms. The molecule has 0 atom stereocenters.